The fourth-order valence-corrected chi connectivity index (χ4v) is 1.75. The molecule has 0 atom stereocenters. The maximum atomic E-state index is 14.1. The first-order valence-corrected chi connectivity index (χ1v) is 5.78. The lowest BCUT2D eigenvalue weighted by atomic mass is 9.98. The van der Waals surface area contributed by atoms with Crippen molar-refractivity contribution in [2.45, 2.75) is 5.92 Å². The van der Waals surface area contributed by atoms with Gasteiger partial charge < -0.3 is 4.74 Å². The van der Waals surface area contributed by atoms with Crippen molar-refractivity contribution in [3.05, 3.63) is 65.5 Å². The van der Waals surface area contributed by atoms with Crippen molar-refractivity contribution >= 4 is 5.78 Å². The Morgan fingerprint density at radius 3 is 2.20 bits per heavy atom. The molecule has 0 heterocycles. The van der Waals surface area contributed by atoms with Gasteiger partial charge in [-0.25, -0.2) is 4.39 Å². The minimum Gasteiger partial charge on any atom is -0.497 e. The second kappa shape index (κ2) is 5.36. The Bertz CT molecular complexity index is 621. The molecule has 0 saturated heterocycles. The van der Waals surface area contributed by atoms with E-state index in [1.54, 1.807) is 0 Å². The summed E-state index contributed by atoms with van der Waals surface area (Å²) in [5.41, 5.74) is -1.14. The van der Waals surface area contributed by atoms with E-state index >= 15 is 0 Å². The standard InChI is InChI=1S/C15H11F3O2/c1-20-11-8-6-10(7-9-11)15(17,18)14(19)12-4-2-3-5-13(12)16/h2-9H,1H3. The van der Waals surface area contributed by atoms with Gasteiger partial charge in [-0.15, -0.1) is 0 Å². The number of rotatable bonds is 4. The van der Waals surface area contributed by atoms with Crippen LogP contribution < -0.4 is 4.74 Å². The number of carbonyl (C=O) groups excluding carboxylic acids is 1. The first-order chi connectivity index (χ1) is 9.46. The molecule has 0 spiro atoms. The summed E-state index contributed by atoms with van der Waals surface area (Å²) in [6, 6.07) is 9.47. The molecule has 0 aliphatic heterocycles. The minimum atomic E-state index is -3.80. The number of carbonyl (C=O) groups is 1. The highest BCUT2D eigenvalue weighted by atomic mass is 19.3. The summed E-state index contributed by atoms with van der Waals surface area (Å²) in [5, 5.41) is 0. The Morgan fingerprint density at radius 1 is 1.05 bits per heavy atom. The molecule has 0 amide bonds. The molecule has 0 radical (unpaired) electrons. The number of hydrogen-bond donors (Lipinski definition) is 0. The van der Waals surface area contributed by atoms with E-state index in [1.165, 1.54) is 31.4 Å². The molecule has 0 N–H and O–H groups in total. The van der Waals surface area contributed by atoms with Crippen molar-refractivity contribution in [2.24, 2.45) is 0 Å². The van der Waals surface area contributed by atoms with Gasteiger partial charge in [0.05, 0.1) is 12.7 Å². The van der Waals surface area contributed by atoms with Crippen molar-refractivity contribution < 1.29 is 22.7 Å². The number of methoxy groups -OCH3 is 1. The van der Waals surface area contributed by atoms with Gasteiger partial charge in [-0.1, -0.05) is 12.1 Å². The smallest absolute Gasteiger partial charge is 0.335 e. The summed E-state index contributed by atoms with van der Waals surface area (Å²) in [7, 11) is 1.40. The molecule has 0 fully saturated rings. The van der Waals surface area contributed by atoms with Gasteiger partial charge in [0.2, 0.25) is 5.78 Å². The molecule has 0 saturated carbocycles. The molecule has 2 aromatic carbocycles. The van der Waals surface area contributed by atoms with Gasteiger partial charge in [0.15, 0.2) is 0 Å². The highest BCUT2D eigenvalue weighted by molar-refractivity contribution is 6.02. The van der Waals surface area contributed by atoms with Crippen molar-refractivity contribution in [1.82, 2.24) is 0 Å². The van der Waals surface area contributed by atoms with Crippen LogP contribution in [0.15, 0.2) is 48.5 Å². The van der Waals surface area contributed by atoms with Crippen molar-refractivity contribution in [1.29, 1.82) is 0 Å². The molecular weight excluding hydrogens is 269 g/mol. The average molecular weight is 280 g/mol. The van der Waals surface area contributed by atoms with Crippen LogP contribution in [0.5, 0.6) is 5.75 Å². The third-order valence-electron chi connectivity index (χ3n) is 2.86. The van der Waals surface area contributed by atoms with E-state index in [-0.39, 0.29) is 0 Å². The van der Waals surface area contributed by atoms with Gasteiger partial charge in [-0.2, -0.15) is 8.78 Å². The zero-order valence-corrected chi connectivity index (χ0v) is 10.6. The van der Waals surface area contributed by atoms with E-state index in [2.05, 4.69) is 0 Å². The normalized spacial score (nSPS) is 11.2. The molecule has 0 aliphatic carbocycles. The molecule has 5 heteroatoms. The average Bonchev–Trinajstić information content (AvgIpc) is 2.47. The van der Waals surface area contributed by atoms with E-state index in [0.29, 0.717) is 5.75 Å². The maximum Gasteiger partial charge on any atom is 0.335 e. The molecule has 0 aromatic heterocycles. The van der Waals surface area contributed by atoms with Crippen LogP contribution in [0.1, 0.15) is 15.9 Å². The zero-order chi connectivity index (χ0) is 14.8. The van der Waals surface area contributed by atoms with Crippen LogP contribution in [0.3, 0.4) is 0 Å². The van der Waals surface area contributed by atoms with Crippen LogP contribution in [0.4, 0.5) is 13.2 Å². The number of halogens is 3. The first kappa shape index (κ1) is 14.1. The van der Waals surface area contributed by atoms with Crippen LogP contribution in [-0.4, -0.2) is 12.9 Å². The lowest BCUT2D eigenvalue weighted by molar-refractivity contribution is 0.00700. The summed E-state index contributed by atoms with van der Waals surface area (Å²) < 4.78 is 46.5. The van der Waals surface area contributed by atoms with E-state index in [1.807, 2.05) is 0 Å². The van der Waals surface area contributed by atoms with Crippen LogP contribution in [0.25, 0.3) is 0 Å². The van der Waals surface area contributed by atoms with Crippen molar-refractivity contribution in [2.75, 3.05) is 7.11 Å². The molecule has 20 heavy (non-hydrogen) atoms. The highest BCUT2D eigenvalue weighted by Gasteiger charge is 2.42. The SMILES string of the molecule is COc1ccc(C(F)(F)C(=O)c2ccccc2F)cc1. The third kappa shape index (κ3) is 2.52. The largest absolute Gasteiger partial charge is 0.497 e. The summed E-state index contributed by atoms with van der Waals surface area (Å²) in [6.07, 6.45) is 0. The topological polar surface area (TPSA) is 26.3 Å². The van der Waals surface area contributed by atoms with Gasteiger partial charge in [-0.3, -0.25) is 4.79 Å². The van der Waals surface area contributed by atoms with Crippen LogP contribution in [0.2, 0.25) is 0 Å². The zero-order valence-electron chi connectivity index (χ0n) is 10.6. The van der Waals surface area contributed by atoms with E-state index in [9.17, 15) is 18.0 Å². The minimum absolute atomic E-state index is 0.392. The summed E-state index contributed by atoms with van der Waals surface area (Å²) >= 11 is 0. The monoisotopic (exact) mass is 280 g/mol. The van der Waals surface area contributed by atoms with Crippen molar-refractivity contribution in [3.8, 4) is 5.75 Å². The van der Waals surface area contributed by atoms with E-state index in [4.69, 9.17) is 4.74 Å². The number of ketones is 1. The molecule has 0 bridgehead atoms. The Labute approximate surface area is 113 Å². The summed E-state index contributed by atoms with van der Waals surface area (Å²) in [5.74, 6) is -5.94. The second-order valence-corrected chi connectivity index (χ2v) is 4.11. The van der Waals surface area contributed by atoms with Gasteiger partial charge in [0, 0.05) is 5.56 Å². The van der Waals surface area contributed by atoms with Crippen molar-refractivity contribution in [3.63, 3.8) is 0 Å². The Morgan fingerprint density at radius 2 is 1.65 bits per heavy atom. The van der Waals surface area contributed by atoms with Gasteiger partial charge in [-0.05, 0) is 36.4 Å². The Kier molecular flexibility index (Phi) is 3.79. The number of benzene rings is 2. The molecule has 2 aromatic rings. The van der Waals surface area contributed by atoms with Gasteiger partial charge in [0.25, 0.3) is 0 Å². The predicted octanol–water partition coefficient (Wildman–Crippen LogP) is 3.81. The second-order valence-electron chi connectivity index (χ2n) is 4.11. The van der Waals surface area contributed by atoms with Crippen LogP contribution in [-0.2, 0) is 5.92 Å². The number of alkyl halides is 2. The fraction of sp³-hybridized carbons (Fsp3) is 0.133. The summed E-state index contributed by atoms with van der Waals surface area (Å²) in [4.78, 5) is 11.8. The lowest BCUT2D eigenvalue weighted by Crippen LogP contribution is -2.26. The maximum absolute atomic E-state index is 14.1. The highest BCUT2D eigenvalue weighted by Crippen LogP contribution is 2.33. The molecule has 2 nitrogen and oxygen atoms in total. The number of Topliss-reactive ketones (excluding diaryl/α,β-unsaturated/α-hetero) is 1. The van der Waals surface area contributed by atoms with E-state index < -0.39 is 28.6 Å². The Hall–Kier alpha value is -2.30. The number of hydrogen-bond acceptors (Lipinski definition) is 2. The van der Waals surface area contributed by atoms with Gasteiger partial charge >= 0.3 is 5.92 Å². The predicted molar refractivity (Wildman–Crippen MR) is 67.6 cm³/mol. The Balaban J connectivity index is 2.38. The van der Waals surface area contributed by atoms with Gasteiger partial charge in [0.1, 0.15) is 11.6 Å². The molecule has 0 unspecified atom stereocenters. The van der Waals surface area contributed by atoms with Crippen LogP contribution >= 0.6 is 0 Å². The van der Waals surface area contributed by atoms with E-state index in [0.717, 1.165) is 24.3 Å². The quantitative estimate of drug-likeness (QED) is 0.796. The molecular formula is C15H11F3O2. The molecule has 0 aliphatic rings. The summed E-state index contributed by atoms with van der Waals surface area (Å²) in [6.45, 7) is 0. The third-order valence-corrected chi connectivity index (χ3v) is 2.86. The fourth-order valence-electron chi connectivity index (χ4n) is 1.75. The molecule has 104 valence electrons. The number of ether oxygens (including phenoxy) is 1. The first-order valence-electron chi connectivity index (χ1n) is 5.78. The molecule has 2 rings (SSSR count). The lowest BCUT2D eigenvalue weighted by Gasteiger charge is -2.16. The van der Waals surface area contributed by atoms with Crippen LogP contribution in [0, 0.1) is 5.82 Å².